The van der Waals surface area contributed by atoms with Crippen molar-refractivity contribution in [3.8, 4) is 0 Å². The van der Waals surface area contributed by atoms with Crippen LogP contribution >= 0.6 is 0 Å². The van der Waals surface area contributed by atoms with Crippen molar-refractivity contribution in [1.29, 1.82) is 0 Å². The summed E-state index contributed by atoms with van der Waals surface area (Å²) in [5.74, 6) is -0.575. The molecule has 0 bridgehead atoms. The second kappa shape index (κ2) is 3.19. The Labute approximate surface area is 65.2 Å². The van der Waals surface area contributed by atoms with Crippen LogP contribution in [0.2, 0.25) is 0 Å². The van der Waals surface area contributed by atoms with Crippen molar-refractivity contribution in [3.05, 3.63) is 0 Å². The highest BCUT2D eigenvalue weighted by atomic mass is 16.4. The second-order valence-electron chi connectivity index (χ2n) is 3.06. The van der Waals surface area contributed by atoms with Crippen LogP contribution in [0.1, 0.15) is 13.3 Å². The molecule has 0 aromatic heterocycles. The molecule has 1 rings (SSSR count). The Morgan fingerprint density at radius 3 is 2.64 bits per heavy atom. The van der Waals surface area contributed by atoms with Crippen molar-refractivity contribution in [2.24, 2.45) is 5.92 Å². The van der Waals surface area contributed by atoms with E-state index in [1.54, 1.807) is 0 Å². The molecule has 0 radical (unpaired) electrons. The number of carboxylic acid groups (broad SMARTS) is 1. The molecule has 0 saturated carbocycles. The minimum atomic E-state index is -0.826. The van der Waals surface area contributed by atoms with Gasteiger partial charge in [0.15, 0.2) is 0 Å². The average molecular weight is 159 g/mol. The number of aliphatic carboxylic acids is 1. The van der Waals surface area contributed by atoms with Gasteiger partial charge in [-0.1, -0.05) is 6.92 Å². The fraction of sp³-hybridized carbons (Fsp3) is 0.857. The third-order valence-electron chi connectivity index (χ3n) is 2.20. The highest BCUT2D eigenvalue weighted by molar-refractivity contribution is 5.73. The van der Waals surface area contributed by atoms with Gasteiger partial charge >= 0.3 is 5.97 Å². The molecule has 64 valence electrons. The number of carboxylic acids is 1. The molecule has 0 aromatic rings. The fourth-order valence-electron chi connectivity index (χ4n) is 1.43. The first kappa shape index (κ1) is 8.49. The largest absolute Gasteiger partial charge is 0.480 e. The van der Waals surface area contributed by atoms with Gasteiger partial charge in [0.1, 0.15) is 6.04 Å². The van der Waals surface area contributed by atoms with Crippen molar-refractivity contribution >= 4 is 5.97 Å². The van der Waals surface area contributed by atoms with Crippen molar-refractivity contribution in [2.45, 2.75) is 25.4 Å². The molecule has 0 aromatic carbocycles. The van der Waals surface area contributed by atoms with Crippen molar-refractivity contribution < 1.29 is 15.0 Å². The first-order valence-corrected chi connectivity index (χ1v) is 3.75. The van der Waals surface area contributed by atoms with Crippen LogP contribution in [0.15, 0.2) is 0 Å². The van der Waals surface area contributed by atoms with Crippen LogP contribution in [0.3, 0.4) is 0 Å². The quantitative estimate of drug-likeness (QED) is 0.504. The molecule has 0 aliphatic carbocycles. The summed E-state index contributed by atoms with van der Waals surface area (Å²) in [6.07, 6.45) is 0.612. The lowest BCUT2D eigenvalue weighted by Crippen LogP contribution is -2.37. The zero-order valence-corrected chi connectivity index (χ0v) is 6.45. The molecule has 4 heteroatoms. The molecule has 3 atom stereocenters. The third-order valence-corrected chi connectivity index (χ3v) is 2.20. The van der Waals surface area contributed by atoms with E-state index in [4.69, 9.17) is 10.2 Å². The fourth-order valence-corrected chi connectivity index (χ4v) is 1.43. The van der Waals surface area contributed by atoms with E-state index in [9.17, 15) is 4.79 Å². The third kappa shape index (κ3) is 1.70. The summed E-state index contributed by atoms with van der Waals surface area (Å²) in [7, 11) is 0. The van der Waals surface area contributed by atoms with Crippen molar-refractivity contribution in [3.63, 3.8) is 0 Å². The summed E-state index contributed by atoms with van der Waals surface area (Å²) in [5, 5.41) is 20.2. The van der Waals surface area contributed by atoms with E-state index in [1.165, 1.54) is 0 Å². The first-order valence-electron chi connectivity index (χ1n) is 3.75. The van der Waals surface area contributed by atoms with E-state index in [1.807, 2.05) is 6.92 Å². The maximum atomic E-state index is 10.5. The lowest BCUT2D eigenvalue weighted by Gasteiger charge is -2.10. The molecule has 0 amide bonds. The summed E-state index contributed by atoms with van der Waals surface area (Å²) in [4.78, 5) is 10.5. The zero-order chi connectivity index (χ0) is 8.43. The Morgan fingerprint density at radius 1 is 1.73 bits per heavy atom. The van der Waals surface area contributed by atoms with Gasteiger partial charge in [0.2, 0.25) is 0 Å². The molecule has 1 heterocycles. The van der Waals surface area contributed by atoms with E-state index in [-0.39, 0.29) is 18.6 Å². The summed E-state index contributed by atoms with van der Waals surface area (Å²) in [6, 6.07) is -0.516. The van der Waals surface area contributed by atoms with E-state index in [2.05, 4.69) is 5.32 Å². The molecule has 1 fully saturated rings. The van der Waals surface area contributed by atoms with Gasteiger partial charge in [0.25, 0.3) is 0 Å². The Hall–Kier alpha value is -0.610. The predicted molar refractivity (Wildman–Crippen MR) is 39.2 cm³/mol. The molecule has 3 unspecified atom stereocenters. The minimum Gasteiger partial charge on any atom is -0.480 e. The number of nitrogens with one attached hydrogen (secondary N) is 1. The topological polar surface area (TPSA) is 69.6 Å². The monoisotopic (exact) mass is 159 g/mol. The number of hydrogen-bond acceptors (Lipinski definition) is 3. The van der Waals surface area contributed by atoms with Crippen LogP contribution in [0.25, 0.3) is 0 Å². The Kier molecular flexibility index (Phi) is 2.46. The van der Waals surface area contributed by atoms with Gasteiger partial charge in [-0.3, -0.25) is 10.1 Å². The number of aliphatic hydroxyl groups excluding tert-OH is 1. The Balaban J connectivity index is 2.49. The van der Waals surface area contributed by atoms with Crippen LogP contribution in [0, 0.1) is 5.92 Å². The van der Waals surface area contributed by atoms with Gasteiger partial charge in [-0.05, 0) is 12.3 Å². The van der Waals surface area contributed by atoms with Crippen LogP contribution in [0.5, 0.6) is 0 Å². The van der Waals surface area contributed by atoms with Crippen LogP contribution in [0.4, 0.5) is 0 Å². The van der Waals surface area contributed by atoms with Crippen LogP contribution in [-0.2, 0) is 4.79 Å². The Morgan fingerprint density at radius 2 is 2.36 bits per heavy atom. The summed E-state index contributed by atoms with van der Waals surface area (Å²) >= 11 is 0. The van der Waals surface area contributed by atoms with Gasteiger partial charge < -0.3 is 10.2 Å². The number of carbonyl (C=O) groups is 1. The van der Waals surface area contributed by atoms with Gasteiger partial charge in [-0.2, -0.15) is 0 Å². The zero-order valence-electron chi connectivity index (χ0n) is 6.45. The van der Waals surface area contributed by atoms with E-state index in [0.717, 1.165) is 0 Å². The molecular formula is C7H13NO3. The average Bonchev–Trinajstić information content (AvgIpc) is 2.31. The molecule has 4 nitrogen and oxygen atoms in total. The second-order valence-corrected chi connectivity index (χ2v) is 3.06. The van der Waals surface area contributed by atoms with Crippen LogP contribution in [-0.4, -0.2) is 34.9 Å². The normalized spacial score (nSPS) is 37.5. The molecule has 3 N–H and O–H groups in total. The SMILES string of the molecule is CC1CC(C(=O)O)NC1CO. The maximum absolute atomic E-state index is 10.5. The first-order chi connectivity index (χ1) is 5.15. The predicted octanol–water partition coefficient (Wildman–Crippen LogP) is -0.570. The van der Waals surface area contributed by atoms with E-state index < -0.39 is 12.0 Å². The van der Waals surface area contributed by atoms with Gasteiger partial charge in [0.05, 0.1) is 6.61 Å². The van der Waals surface area contributed by atoms with E-state index >= 15 is 0 Å². The van der Waals surface area contributed by atoms with Crippen molar-refractivity contribution in [1.82, 2.24) is 5.32 Å². The van der Waals surface area contributed by atoms with Gasteiger partial charge in [-0.25, -0.2) is 0 Å². The Bertz CT molecular complexity index is 160. The highest BCUT2D eigenvalue weighted by Gasteiger charge is 2.33. The van der Waals surface area contributed by atoms with Gasteiger partial charge in [-0.15, -0.1) is 0 Å². The smallest absolute Gasteiger partial charge is 0.320 e. The van der Waals surface area contributed by atoms with Gasteiger partial charge in [0, 0.05) is 6.04 Å². The number of rotatable bonds is 2. The van der Waals surface area contributed by atoms with Crippen LogP contribution < -0.4 is 5.32 Å². The van der Waals surface area contributed by atoms with Crippen molar-refractivity contribution in [2.75, 3.05) is 6.61 Å². The standard InChI is InChI=1S/C7H13NO3/c1-4-2-5(7(10)11)8-6(4)3-9/h4-6,8-9H,2-3H2,1H3,(H,10,11). The number of aliphatic hydroxyl groups is 1. The molecule has 11 heavy (non-hydrogen) atoms. The summed E-state index contributed by atoms with van der Waals surface area (Å²) < 4.78 is 0. The molecule has 1 aliphatic heterocycles. The molecular weight excluding hydrogens is 146 g/mol. The number of hydrogen-bond donors (Lipinski definition) is 3. The summed E-state index contributed by atoms with van der Waals surface area (Å²) in [5.41, 5.74) is 0. The minimum absolute atomic E-state index is 0.0188. The maximum Gasteiger partial charge on any atom is 0.320 e. The van der Waals surface area contributed by atoms with E-state index in [0.29, 0.717) is 6.42 Å². The molecule has 0 spiro atoms. The lowest BCUT2D eigenvalue weighted by atomic mass is 10.0. The molecule has 1 saturated heterocycles. The highest BCUT2D eigenvalue weighted by Crippen LogP contribution is 2.19. The summed E-state index contributed by atoms with van der Waals surface area (Å²) in [6.45, 7) is 1.96. The molecule has 1 aliphatic rings. The lowest BCUT2D eigenvalue weighted by molar-refractivity contribution is -0.139.